The zero-order valence-electron chi connectivity index (χ0n) is 10.2. The molecular weight excluding hydrogens is 226 g/mol. The van der Waals surface area contributed by atoms with E-state index in [2.05, 4.69) is 16.2 Å². The fourth-order valence-corrected chi connectivity index (χ4v) is 1.86. The second-order valence-electron chi connectivity index (χ2n) is 4.29. The van der Waals surface area contributed by atoms with Crippen molar-refractivity contribution in [2.24, 2.45) is 0 Å². The Morgan fingerprint density at radius 2 is 2.39 bits per heavy atom. The van der Waals surface area contributed by atoms with Gasteiger partial charge >= 0.3 is 0 Å². The van der Waals surface area contributed by atoms with Gasteiger partial charge in [0.2, 0.25) is 0 Å². The molecule has 1 unspecified atom stereocenters. The average molecular weight is 241 g/mol. The molecule has 1 atom stereocenters. The maximum Gasteiger partial charge on any atom is 0.253 e. The quantitative estimate of drug-likeness (QED) is 0.567. The van der Waals surface area contributed by atoms with Crippen molar-refractivity contribution in [3.05, 3.63) is 30.0 Å². The lowest BCUT2D eigenvalue weighted by Gasteiger charge is -2.10. The Bertz CT molecular complexity index is 621. The minimum absolute atomic E-state index is 0.0477. The summed E-state index contributed by atoms with van der Waals surface area (Å²) in [5.74, 6) is 2.38. The first kappa shape index (κ1) is 12.1. The fourth-order valence-electron chi connectivity index (χ4n) is 1.86. The minimum atomic E-state index is -0.144. The molecule has 0 radical (unpaired) electrons. The lowest BCUT2D eigenvalue weighted by atomic mass is 10.1. The zero-order valence-corrected chi connectivity index (χ0v) is 10.2. The van der Waals surface area contributed by atoms with Crippen LogP contribution in [0.5, 0.6) is 0 Å². The predicted molar refractivity (Wildman–Crippen MR) is 73.1 cm³/mol. The molecule has 4 N–H and O–H groups in total. The van der Waals surface area contributed by atoms with Crippen LogP contribution < -0.4 is 11.1 Å². The molecule has 2 aromatic rings. The largest absolute Gasteiger partial charge is 0.399 e. The van der Waals surface area contributed by atoms with Gasteiger partial charge in [0.15, 0.2) is 0 Å². The van der Waals surface area contributed by atoms with Gasteiger partial charge in [0, 0.05) is 35.2 Å². The van der Waals surface area contributed by atoms with Gasteiger partial charge in [0.1, 0.15) is 0 Å². The first-order valence-corrected chi connectivity index (χ1v) is 5.72. The van der Waals surface area contributed by atoms with Gasteiger partial charge in [-0.25, -0.2) is 0 Å². The van der Waals surface area contributed by atoms with Crippen LogP contribution >= 0.6 is 0 Å². The highest BCUT2D eigenvalue weighted by Gasteiger charge is 2.13. The smallest absolute Gasteiger partial charge is 0.253 e. The molecule has 4 nitrogen and oxygen atoms in total. The van der Waals surface area contributed by atoms with Gasteiger partial charge in [0.05, 0.1) is 5.56 Å². The van der Waals surface area contributed by atoms with Crippen LogP contribution in [0, 0.1) is 12.3 Å². The number of hydrogen-bond acceptors (Lipinski definition) is 2. The molecule has 0 aliphatic carbocycles. The Morgan fingerprint density at radius 3 is 3.11 bits per heavy atom. The van der Waals surface area contributed by atoms with E-state index in [4.69, 9.17) is 12.2 Å². The zero-order chi connectivity index (χ0) is 13.1. The van der Waals surface area contributed by atoms with Crippen molar-refractivity contribution in [2.45, 2.75) is 19.4 Å². The van der Waals surface area contributed by atoms with Crippen LogP contribution in [-0.2, 0) is 0 Å². The molecule has 92 valence electrons. The number of carbonyl (C=O) groups is 1. The number of amides is 1. The SMILES string of the molecule is C#CCC(C)NC(=O)c1c[nH]c2ccc(N)cc12. The highest BCUT2D eigenvalue weighted by atomic mass is 16.1. The summed E-state index contributed by atoms with van der Waals surface area (Å²) in [6.45, 7) is 1.88. The molecule has 0 fully saturated rings. The molecule has 0 saturated carbocycles. The summed E-state index contributed by atoms with van der Waals surface area (Å²) in [7, 11) is 0. The van der Waals surface area contributed by atoms with E-state index in [0.717, 1.165) is 10.9 Å². The molecule has 2 rings (SSSR count). The van der Waals surface area contributed by atoms with E-state index in [1.54, 1.807) is 18.3 Å². The number of hydrogen-bond donors (Lipinski definition) is 3. The van der Waals surface area contributed by atoms with Crippen molar-refractivity contribution < 1.29 is 4.79 Å². The number of carbonyl (C=O) groups excluding carboxylic acids is 1. The van der Waals surface area contributed by atoms with Gasteiger partial charge in [-0.05, 0) is 25.1 Å². The number of fused-ring (bicyclic) bond motifs is 1. The van der Waals surface area contributed by atoms with Gasteiger partial charge in [-0.3, -0.25) is 4.79 Å². The minimum Gasteiger partial charge on any atom is -0.399 e. The maximum atomic E-state index is 12.1. The summed E-state index contributed by atoms with van der Waals surface area (Å²) in [6.07, 6.45) is 7.40. The molecule has 0 aliphatic rings. The van der Waals surface area contributed by atoms with E-state index >= 15 is 0 Å². The normalized spacial score (nSPS) is 12.0. The Kier molecular flexibility index (Phi) is 3.24. The Labute approximate surface area is 106 Å². The molecule has 4 heteroatoms. The summed E-state index contributed by atoms with van der Waals surface area (Å²) in [5, 5.41) is 3.67. The number of aromatic amines is 1. The van der Waals surface area contributed by atoms with Crippen LogP contribution in [0.4, 0.5) is 5.69 Å². The van der Waals surface area contributed by atoms with Crippen molar-refractivity contribution >= 4 is 22.5 Å². The molecule has 0 saturated heterocycles. The van der Waals surface area contributed by atoms with Crippen molar-refractivity contribution in [2.75, 3.05) is 5.73 Å². The van der Waals surface area contributed by atoms with Gasteiger partial charge in [-0.1, -0.05) is 0 Å². The fraction of sp³-hybridized carbons (Fsp3) is 0.214. The third kappa shape index (κ3) is 2.30. The van der Waals surface area contributed by atoms with Crippen LogP contribution in [0.1, 0.15) is 23.7 Å². The highest BCUT2D eigenvalue weighted by Crippen LogP contribution is 2.20. The lowest BCUT2D eigenvalue weighted by Crippen LogP contribution is -2.32. The Hall–Kier alpha value is -2.41. The van der Waals surface area contributed by atoms with Crippen molar-refractivity contribution in [3.8, 4) is 12.3 Å². The first-order valence-electron chi connectivity index (χ1n) is 5.72. The van der Waals surface area contributed by atoms with Crippen LogP contribution in [0.15, 0.2) is 24.4 Å². The summed E-state index contributed by atoms with van der Waals surface area (Å²) in [5.41, 5.74) is 7.83. The molecule has 1 heterocycles. The number of rotatable bonds is 3. The average Bonchev–Trinajstić information content (AvgIpc) is 2.71. The molecule has 1 amide bonds. The highest BCUT2D eigenvalue weighted by molar-refractivity contribution is 6.07. The monoisotopic (exact) mass is 241 g/mol. The van der Waals surface area contributed by atoms with Gasteiger partial charge in [-0.15, -0.1) is 12.3 Å². The number of aromatic nitrogens is 1. The number of anilines is 1. The second kappa shape index (κ2) is 4.84. The number of H-pyrrole nitrogens is 1. The van der Waals surface area contributed by atoms with E-state index in [-0.39, 0.29) is 11.9 Å². The van der Waals surface area contributed by atoms with Gasteiger partial charge in [0.25, 0.3) is 5.91 Å². The van der Waals surface area contributed by atoms with Crippen molar-refractivity contribution in [3.63, 3.8) is 0 Å². The molecule has 0 spiro atoms. The first-order chi connectivity index (χ1) is 8.61. The second-order valence-corrected chi connectivity index (χ2v) is 4.29. The predicted octanol–water partition coefficient (Wildman–Crippen LogP) is 1.89. The number of nitrogen functional groups attached to an aromatic ring is 1. The van der Waals surface area contributed by atoms with E-state index < -0.39 is 0 Å². The van der Waals surface area contributed by atoms with Gasteiger partial charge in [-0.2, -0.15) is 0 Å². The summed E-state index contributed by atoms with van der Waals surface area (Å²) in [4.78, 5) is 15.1. The summed E-state index contributed by atoms with van der Waals surface area (Å²) < 4.78 is 0. The van der Waals surface area contributed by atoms with Crippen LogP contribution in [0.2, 0.25) is 0 Å². The Balaban J connectivity index is 2.28. The van der Waals surface area contributed by atoms with E-state index in [1.165, 1.54) is 0 Å². The van der Waals surface area contributed by atoms with E-state index in [0.29, 0.717) is 17.7 Å². The third-order valence-electron chi connectivity index (χ3n) is 2.75. The number of nitrogens with two attached hydrogens (primary N) is 1. The van der Waals surface area contributed by atoms with Crippen LogP contribution in [-0.4, -0.2) is 16.9 Å². The molecule has 18 heavy (non-hydrogen) atoms. The van der Waals surface area contributed by atoms with Crippen molar-refractivity contribution in [1.29, 1.82) is 0 Å². The van der Waals surface area contributed by atoms with E-state index in [9.17, 15) is 4.79 Å². The number of terminal acetylenes is 1. The lowest BCUT2D eigenvalue weighted by molar-refractivity contribution is 0.0942. The third-order valence-corrected chi connectivity index (χ3v) is 2.75. The van der Waals surface area contributed by atoms with E-state index in [1.807, 2.05) is 13.0 Å². The number of benzene rings is 1. The molecule has 0 aliphatic heterocycles. The molecule has 1 aromatic heterocycles. The summed E-state index contributed by atoms with van der Waals surface area (Å²) >= 11 is 0. The molecule has 0 bridgehead atoms. The van der Waals surface area contributed by atoms with Crippen LogP contribution in [0.3, 0.4) is 0 Å². The number of nitrogens with one attached hydrogen (secondary N) is 2. The Morgan fingerprint density at radius 1 is 1.61 bits per heavy atom. The standard InChI is InChI=1S/C14H15N3O/c1-3-4-9(2)17-14(18)12-8-16-13-6-5-10(15)7-11(12)13/h1,5-9,16H,4,15H2,2H3,(H,17,18). The topological polar surface area (TPSA) is 70.9 Å². The van der Waals surface area contributed by atoms with Crippen molar-refractivity contribution in [1.82, 2.24) is 10.3 Å². The molecule has 1 aromatic carbocycles. The maximum absolute atomic E-state index is 12.1. The molecular formula is C14H15N3O. The summed E-state index contributed by atoms with van der Waals surface area (Å²) in [6, 6.07) is 5.38. The van der Waals surface area contributed by atoms with Gasteiger partial charge < -0.3 is 16.0 Å². The van der Waals surface area contributed by atoms with Crippen LogP contribution in [0.25, 0.3) is 10.9 Å².